The Morgan fingerprint density at radius 1 is 1.71 bits per heavy atom. The van der Waals surface area contributed by atoms with Crippen LogP contribution < -0.4 is 0 Å². The molecule has 0 aromatic carbocycles. The van der Waals surface area contributed by atoms with E-state index in [-0.39, 0.29) is 0 Å². The van der Waals surface area contributed by atoms with Gasteiger partial charge in [0.05, 0.1) is 0 Å². The molecule has 0 fully saturated rings. The standard InChI is InChI=1S/C7H8/c1-2-4-7-5-3-6-7/h2-5H,1,6H2. The van der Waals surface area contributed by atoms with Crippen LogP contribution in [-0.4, -0.2) is 0 Å². The molecule has 0 heteroatoms. The van der Waals surface area contributed by atoms with E-state index in [1.807, 2.05) is 12.2 Å². The summed E-state index contributed by atoms with van der Waals surface area (Å²) in [6.45, 7) is 3.57. The Morgan fingerprint density at radius 3 is 2.57 bits per heavy atom. The van der Waals surface area contributed by atoms with Crippen molar-refractivity contribution in [2.75, 3.05) is 0 Å². The van der Waals surface area contributed by atoms with Gasteiger partial charge in [-0.15, -0.1) is 0 Å². The van der Waals surface area contributed by atoms with Gasteiger partial charge in [-0.2, -0.15) is 0 Å². The lowest BCUT2D eigenvalue weighted by Crippen LogP contribution is -1.82. The fourth-order valence-electron chi connectivity index (χ4n) is 0.529. The zero-order valence-electron chi connectivity index (χ0n) is 4.22. The molecule has 0 saturated heterocycles. The van der Waals surface area contributed by atoms with Gasteiger partial charge in [0.1, 0.15) is 0 Å². The Labute approximate surface area is 43.9 Å². The molecule has 0 radical (unpaired) electrons. The van der Waals surface area contributed by atoms with E-state index in [9.17, 15) is 0 Å². The summed E-state index contributed by atoms with van der Waals surface area (Å²) < 4.78 is 0. The summed E-state index contributed by atoms with van der Waals surface area (Å²) in [5.74, 6) is 0. The molecular weight excluding hydrogens is 84.1 g/mol. The second-order valence-corrected chi connectivity index (χ2v) is 1.58. The number of hydrogen-bond acceptors (Lipinski definition) is 0. The Balaban J connectivity index is 2.56. The summed E-state index contributed by atoms with van der Waals surface area (Å²) in [5.41, 5.74) is 1.38. The Kier molecular flexibility index (Phi) is 1.12. The molecule has 0 saturated carbocycles. The fourth-order valence-corrected chi connectivity index (χ4v) is 0.529. The summed E-state index contributed by atoms with van der Waals surface area (Å²) in [4.78, 5) is 0. The second kappa shape index (κ2) is 1.78. The lowest BCUT2D eigenvalue weighted by molar-refractivity contribution is 1.19. The van der Waals surface area contributed by atoms with Gasteiger partial charge in [0.15, 0.2) is 0 Å². The van der Waals surface area contributed by atoms with Crippen LogP contribution in [0, 0.1) is 0 Å². The molecule has 0 aromatic heterocycles. The Bertz CT molecular complexity index is 127. The molecule has 0 bridgehead atoms. The maximum absolute atomic E-state index is 3.57. The van der Waals surface area contributed by atoms with Crippen LogP contribution in [0.4, 0.5) is 0 Å². The molecule has 0 heterocycles. The zero-order valence-corrected chi connectivity index (χ0v) is 4.22. The van der Waals surface area contributed by atoms with Gasteiger partial charge in [-0.25, -0.2) is 0 Å². The normalized spacial score (nSPS) is 22.0. The van der Waals surface area contributed by atoms with E-state index in [1.165, 1.54) is 5.57 Å². The SMILES string of the molecule is C=CC=C1C=CC1. The summed E-state index contributed by atoms with van der Waals surface area (Å²) in [7, 11) is 0. The first kappa shape index (κ1) is 4.38. The van der Waals surface area contributed by atoms with Gasteiger partial charge in [0, 0.05) is 0 Å². The highest BCUT2D eigenvalue weighted by Gasteiger charge is 1.93. The number of hydrogen-bond donors (Lipinski definition) is 0. The van der Waals surface area contributed by atoms with Gasteiger partial charge >= 0.3 is 0 Å². The van der Waals surface area contributed by atoms with Crippen molar-refractivity contribution >= 4 is 0 Å². The maximum atomic E-state index is 3.57. The monoisotopic (exact) mass is 92.1 g/mol. The van der Waals surface area contributed by atoms with E-state index >= 15 is 0 Å². The lowest BCUT2D eigenvalue weighted by atomic mass is 10.0. The molecular formula is C7H8. The van der Waals surface area contributed by atoms with Crippen LogP contribution in [0.3, 0.4) is 0 Å². The van der Waals surface area contributed by atoms with E-state index in [4.69, 9.17) is 0 Å². The van der Waals surface area contributed by atoms with Crippen LogP contribution >= 0.6 is 0 Å². The minimum absolute atomic E-state index is 1.13. The van der Waals surface area contributed by atoms with Gasteiger partial charge in [0.2, 0.25) is 0 Å². The molecule has 0 atom stereocenters. The topological polar surface area (TPSA) is 0 Å². The molecule has 0 nitrogen and oxygen atoms in total. The van der Waals surface area contributed by atoms with Crippen LogP contribution in [0.25, 0.3) is 0 Å². The highest BCUT2D eigenvalue weighted by molar-refractivity contribution is 5.33. The third-order valence-corrected chi connectivity index (χ3v) is 1.02. The van der Waals surface area contributed by atoms with Gasteiger partial charge in [-0.3, -0.25) is 0 Å². The highest BCUT2D eigenvalue weighted by atomic mass is 14.0. The molecule has 0 aromatic rings. The lowest BCUT2D eigenvalue weighted by Gasteiger charge is -2.02. The van der Waals surface area contributed by atoms with Crippen LogP contribution in [0.1, 0.15) is 6.42 Å². The van der Waals surface area contributed by atoms with Crippen molar-refractivity contribution in [1.29, 1.82) is 0 Å². The third-order valence-electron chi connectivity index (χ3n) is 1.02. The quantitative estimate of drug-likeness (QED) is 0.464. The summed E-state index contributed by atoms with van der Waals surface area (Å²) in [5, 5.41) is 0. The molecule has 1 aliphatic carbocycles. The summed E-state index contributed by atoms with van der Waals surface area (Å²) >= 11 is 0. The van der Waals surface area contributed by atoms with Crippen molar-refractivity contribution in [1.82, 2.24) is 0 Å². The first-order valence-corrected chi connectivity index (χ1v) is 2.41. The summed E-state index contributed by atoms with van der Waals surface area (Å²) in [6, 6.07) is 0. The molecule has 0 spiro atoms. The van der Waals surface area contributed by atoms with Crippen molar-refractivity contribution < 1.29 is 0 Å². The minimum atomic E-state index is 1.13. The van der Waals surface area contributed by atoms with E-state index in [0.717, 1.165) is 6.42 Å². The fraction of sp³-hybridized carbons (Fsp3) is 0.143. The largest absolute Gasteiger partial charge is 0.0991 e. The van der Waals surface area contributed by atoms with Gasteiger partial charge < -0.3 is 0 Å². The molecule has 0 amide bonds. The van der Waals surface area contributed by atoms with E-state index < -0.39 is 0 Å². The first-order chi connectivity index (χ1) is 3.43. The Hall–Kier alpha value is -0.780. The van der Waals surface area contributed by atoms with Crippen molar-refractivity contribution in [3.05, 3.63) is 36.5 Å². The van der Waals surface area contributed by atoms with Gasteiger partial charge in [-0.05, 0) is 12.0 Å². The van der Waals surface area contributed by atoms with E-state index in [0.29, 0.717) is 0 Å². The average molecular weight is 92.1 g/mol. The number of rotatable bonds is 1. The average Bonchev–Trinajstić information content (AvgIpc) is 1.55. The molecule has 1 rings (SSSR count). The van der Waals surface area contributed by atoms with E-state index in [1.54, 1.807) is 0 Å². The zero-order chi connectivity index (χ0) is 5.11. The highest BCUT2D eigenvalue weighted by Crippen LogP contribution is 2.13. The first-order valence-electron chi connectivity index (χ1n) is 2.41. The predicted molar refractivity (Wildman–Crippen MR) is 32.0 cm³/mol. The van der Waals surface area contributed by atoms with Crippen LogP contribution in [0.15, 0.2) is 36.5 Å². The van der Waals surface area contributed by atoms with Crippen molar-refractivity contribution in [2.24, 2.45) is 0 Å². The second-order valence-electron chi connectivity index (χ2n) is 1.58. The van der Waals surface area contributed by atoms with Crippen LogP contribution in [-0.2, 0) is 0 Å². The van der Waals surface area contributed by atoms with Crippen molar-refractivity contribution in [3.63, 3.8) is 0 Å². The molecule has 36 valence electrons. The molecule has 0 unspecified atom stereocenters. The maximum Gasteiger partial charge on any atom is -0.00943 e. The van der Waals surface area contributed by atoms with Gasteiger partial charge in [-0.1, -0.05) is 30.9 Å². The van der Waals surface area contributed by atoms with Crippen molar-refractivity contribution in [3.8, 4) is 0 Å². The van der Waals surface area contributed by atoms with Crippen LogP contribution in [0.2, 0.25) is 0 Å². The Morgan fingerprint density at radius 2 is 2.43 bits per heavy atom. The predicted octanol–water partition coefficient (Wildman–Crippen LogP) is 2.06. The van der Waals surface area contributed by atoms with Crippen LogP contribution in [0.5, 0.6) is 0 Å². The third kappa shape index (κ3) is 0.801. The molecule has 7 heavy (non-hydrogen) atoms. The summed E-state index contributed by atoms with van der Waals surface area (Å²) in [6.07, 6.45) is 9.21. The van der Waals surface area contributed by atoms with Crippen molar-refractivity contribution in [2.45, 2.75) is 6.42 Å². The smallest absolute Gasteiger partial charge is 0.00943 e. The number of allylic oxidation sites excluding steroid dienone is 5. The minimum Gasteiger partial charge on any atom is -0.0991 e. The molecule has 1 aliphatic rings. The molecule has 0 aliphatic heterocycles. The molecule has 0 N–H and O–H groups in total. The van der Waals surface area contributed by atoms with Gasteiger partial charge in [0.25, 0.3) is 0 Å². The van der Waals surface area contributed by atoms with E-state index in [2.05, 4.69) is 18.7 Å².